The van der Waals surface area contributed by atoms with Gasteiger partial charge in [-0.1, -0.05) is 66.2 Å². The lowest BCUT2D eigenvalue weighted by molar-refractivity contribution is 0.789. The Balaban J connectivity index is 1.69. The van der Waals surface area contributed by atoms with E-state index in [9.17, 15) is 0 Å². The third-order valence-corrected chi connectivity index (χ3v) is 4.71. The molecule has 0 saturated carbocycles. The Morgan fingerprint density at radius 2 is 1.71 bits per heavy atom. The summed E-state index contributed by atoms with van der Waals surface area (Å²) in [4.78, 5) is 5.80. The summed E-state index contributed by atoms with van der Waals surface area (Å²) in [7, 11) is 2.36. The Bertz CT molecular complexity index is 583. The molecule has 1 radical (unpaired) electrons. The van der Waals surface area contributed by atoms with E-state index in [2.05, 4.69) is 72.9 Å². The van der Waals surface area contributed by atoms with E-state index in [0.29, 0.717) is 5.82 Å². The molecular weight excluding hydrogens is 273 g/mol. The standard InChI is InChI=1S/C18H19BNS/c1-3-7-15(8-4-1)11-12-17(16-9-5-2-6-10-16)19-18-20-13-14-21-18/h1-10,17H,11-14H2. The van der Waals surface area contributed by atoms with E-state index in [-0.39, 0.29) is 0 Å². The first-order chi connectivity index (χ1) is 10.4. The van der Waals surface area contributed by atoms with Crippen molar-refractivity contribution in [1.29, 1.82) is 0 Å². The first kappa shape index (κ1) is 14.5. The van der Waals surface area contributed by atoms with Crippen LogP contribution in [0.5, 0.6) is 0 Å². The van der Waals surface area contributed by atoms with Crippen molar-refractivity contribution >= 4 is 24.0 Å². The van der Waals surface area contributed by atoms with Crippen molar-refractivity contribution in [3.63, 3.8) is 0 Å². The second-order valence-corrected chi connectivity index (χ2v) is 6.39. The van der Waals surface area contributed by atoms with E-state index >= 15 is 0 Å². The maximum Gasteiger partial charge on any atom is 0.194 e. The number of rotatable bonds is 6. The van der Waals surface area contributed by atoms with Crippen LogP contribution in [0.2, 0.25) is 0 Å². The van der Waals surface area contributed by atoms with Gasteiger partial charge in [-0.25, -0.2) is 0 Å². The Morgan fingerprint density at radius 3 is 2.38 bits per heavy atom. The van der Waals surface area contributed by atoms with Crippen LogP contribution < -0.4 is 0 Å². The van der Waals surface area contributed by atoms with Gasteiger partial charge in [0.05, 0.1) is 0 Å². The average molecular weight is 292 g/mol. The number of hydrogen-bond acceptors (Lipinski definition) is 2. The predicted octanol–water partition coefficient (Wildman–Crippen LogP) is 4.17. The van der Waals surface area contributed by atoms with Gasteiger partial charge in [0.25, 0.3) is 0 Å². The van der Waals surface area contributed by atoms with Crippen molar-refractivity contribution in [2.24, 2.45) is 4.99 Å². The van der Waals surface area contributed by atoms with E-state index < -0.39 is 0 Å². The van der Waals surface area contributed by atoms with Crippen molar-refractivity contribution < 1.29 is 0 Å². The molecule has 1 unspecified atom stereocenters. The molecule has 21 heavy (non-hydrogen) atoms. The SMILES string of the molecule is [B](C1=NCCS1)C(CCc1ccccc1)c1ccccc1. The largest absolute Gasteiger partial charge is 0.293 e. The molecule has 3 heteroatoms. The van der Waals surface area contributed by atoms with Gasteiger partial charge >= 0.3 is 0 Å². The third kappa shape index (κ3) is 4.24. The summed E-state index contributed by atoms with van der Waals surface area (Å²) in [6.07, 6.45) is 2.24. The fraction of sp³-hybridized carbons (Fsp3) is 0.278. The third-order valence-electron chi connectivity index (χ3n) is 3.77. The van der Waals surface area contributed by atoms with Gasteiger partial charge in [0.1, 0.15) is 0 Å². The fourth-order valence-electron chi connectivity index (χ4n) is 2.64. The number of aryl methyl sites for hydroxylation is 1. The second-order valence-electron chi connectivity index (χ2n) is 5.28. The van der Waals surface area contributed by atoms with Crippen LogP contribution in [0.3, 0.4) is 0 Å². The first-order valence-electron chi connectivity index (χ1n) is 7.53. The molecule has 0 aromatic heterocycles. The monoisotopic (exact) mass is 292 g/mol. The molecule has 2 aromatic carbocycles. The quantitative estimate of drug-likeness (QED) is 0.728. The zero-order chi connectivity index (χ0) is 14.3. The van der Waals surface area contributed by atoms with Gasteiger partial charge in [-0.2, -0.15) is 0 Å². The van der Waals surface area contributed by atoms with Crippen LogP contribution in [0, 0.1) is 0 Å². The minimum absolute atomic E-state index is 0.454. The van der Waals surface area contributed by atoms with Crippen LogP contribution in [0.1, 0.15) is 23.4 Å². The topological polar surface area (TPSA) is 12.4 Å². The minimum Gasteiger partial charge on any atom is -0.293 e. The van der Waals surface area contributed by atoms with Crippen molar-refractivity contribution in [3.8, 4) is 0 Å². The molecule has 1 aliphatic rings. The zero-order valence-corrected chi connectivity index (χ0v) is 12.9. The molecule has 0 spiro atoms. The maximum absolute atomic E-state index is 4.58. The molecule has 3 rings (SSSR count). The highest BCUT2D eigenvalue weighted by atomic mass is 32.2. The second kappa shape index (κ2) is 7.51. The molecule has 0 bridgehead atoms. The van der Waals surface area contributed by atoms with E-state index in [0.717, 1.165) is 25.1 Å². The molecular formula is C18H19BNS. The summed E-state index contributed by atoms with van der Waals surface area (Å²) in [5.74, 6) is 1.59. The zero-order valence-electron chi connectivity index (χ0n) is 12.1. The molecule has 0 fully saturated rings. The molecule has 1 nitrogen and oxygen atoms in total. The van der Waals surface area contributed by atoms with E-state index in [4.69, 9.17) is 0 Å². The molecule has 0 N–H and O–H groups in total. The van der Waals surface area contributed by atoms with Gasteiger partial charge in [-0.05, 0) is 24.2 Å². The number of aliphatic imine (C=N–C) groups is 1. The molecule has 1 aliphatic heterocycles. The highest BCUT2D eigenvalue weighted by molar-refractivity contribution is 8.17. The van der Waals surface area contributed by atoms with Gasteiger partial charge in [0, 0.05) is 17.2 Å². The van der Waals surface area contributed by atoms with Crippen LogP contribution in [-0.4, -0.2) is 24.5 Å². The van der Waals surface area contributed by atoms with Crippen LogP contribution in [0.4, 0.5) is 0 Å². The summed E-state index contributed by atoms with van der Waals surface area (Å²) in [5, 5.41) is 0. The summed E-state index contributed by atoms with van der Waals surface area (Å²) in [6, 6.07) is 21.5. The van der Waals surface area contributed by atoms with Gasteiger partial charge in [-0.15, -0.1) is 11.8 Å². The fourth-order valence-corrected chi connectivity index (χ4v) is 3.47. The Hall–Kier alpha value is -1.48. The first-order valence-corrected chi connectivity index (χ1v) is 8.51. The van der Waals surface area contributed by atoms with Gasteiger partial charge in [0.2, 0.25) is 0 Å². The van der Waals surface area contributed by atoms with Gasteiger partial charge in [-0.3, -0.25) is 4.99 Å². The summed E-state index contributed by atoms with van der Waals surface area (Å²) >= 11 is 1.88. The normalized spacial score (nSPS) is 15.5. The number of nitrogens with zero attached hydrogens (tertiary/aromatic N) is 1. The molecule has 0 amide bonds. The van der Waals surface area contributed by atoms with Crippen LogP contribution in [0.25, 0.3) is 0 Å². The van der Waals surface area contributed by atoms with Crippen LogP contribution in [-0.2, 0) is 6.42 Å². The Morgan fingerprint density at radius 1 is 1.00 bits per heavy atom. The average Bonchev–Trinajstić information content (AvgIpc) is 3.06. The summed E-state index contributed by atoms with van der Waals surface area (Å²) in [6.45, 7) is 0.969. The Labute approximate surface area is 132 Å². The predicted molar refractivity (Wildman–Crippen MR) is 94.5 cm³/mol. The van der Waals surface area contributed by atoms with Crippen molar-refractivity contribution in [1.82, 2.24) is 0 Å². The van der Waals surface area contributed by atoms with Crippen molar-refractivity contribution in [2.75, 3.05) is 12.3 Å². The van der Waals surface area contributed by atoms with E-state index in [1.807, 2.05) is 11.8 Å². The molecule has 2 aromatic rings. The summed E-state index contributed by atoms with van der Waals surface area (Å²) < 4.78 is 0. The number of thioether (sulfide) groups is 1. The number of hydrogen-bond donors (Lipinski definition) is 0. The lowest BCUT2D eigenvalue weighted by atomic mass is 9.60. The lowest BCUT2D eigenvalue weighted by Crippen LogP contribution is -2.16. The molecule has 1 heterocycles. The highest BCUT2D eigenvalue weighted by Gasteiger charge is 2.18. The van der Waals surface area contributed by atoms with E-state index in [1.165, 1.54) is 16.1 Å². The minimum atomic E-state index is 0.454. The Kier molecular flexibility index (Phi) is 5.17. The van der Waals surface area contributed by atoms with Crippen LogP contribution >= 0.6 is 11.8 Å². The highest BCUT2D eigenvalue weighted by Crippen LogP contribution is 2.24. The van der Waals surface area contributed by atoms with Crippen molar-refractivity contribution in [3.05, 3.63) is 71.8 Å². The maximum atomic E-state index is 4.58. The number of benzene rings is 2. The van der Waals surface area contributed by atoms with Crippen LogP contribution in [0.15, 0.2) is 65.7 Å². The molecule has 1 atom stereocenters. The molecule has 0 saturated heterocycles. The van der Waals surface area contributed by atoms with Gasteiger partial charge < -0.3 is 0 Å². The van der Waals surface area contributed by atoms with Gasteiger partial charge in [0.15, 0.2) is 7.28 Å². The summed E-state index contributed by atoms with van der Waals surface area (Å²) in [5.41, 5.74) is 2.80. The van der Waals surface area contributed by atoms with E-state index in [1.54, 1.807) is 0 Å². The molecule has 105 valence electrons. The molecule has 0 aliphatic carbocycles. The lowest BCUT2D eigenvalue weighted by Gasteiger charge is -2.16. The van der Waals surface area contributed by atoms with Crippen molar-refractivity contribution in [2.45, 2.75) is 18.7 Å². The smallest absolute Gasteiger partial charge is 0.194 e.